The number of rotatable bonds is 5. The second-order valence-electron chi connectivity index (χ2n) is 4.71. The molecule has 0 saturated carbocycles. The Morgan fingerprint density at radius 3 is 2.40 bits per heavy atom. The summed E-state index contributed by atoms with van der Waals surface area (Å²) >= 11 is 0. The van der Waals surface area contributed by atoms with Crippen LogP contribution in [0.1, 0.15) is 16.7 Å². The molecular weight excluding hydrogens is 260 g/mol. The highest BCUT2D eigenvalue weighted by Gasteiger charge is 2.06. The molecule has 106 valence electrons. The van der Waals surface area contributed by atoms with Gasteiger partial charge >= 0.3 is 0 Å². The van der Waals surface area contributed by atoms with Crippen molar-refractivity contribution in [2.24, 2.45) is 0 Å². The summed E-state index contributed by atoms with van der Waals surface area (Å²) in [5.74, 6) is -0.472. The first-order chi connectivity index (χ1) is 9.58. The maximum absolute atomic E-state index is 13.1. The van der Waals surface area contributed by atoms with Gasteiger partial charge in [-0.15, -0.1) is 0 Å². The van der Waals surface area contributed by atoms with Crippen LogP contribution in [0, 0.1) is 18.6 Å². The van der Waals surface area contributed by atoms with Gasteiger partial charge in [-0.05, 0) is 37.7 Å². The Bertz CT molecular complexity index is 579. The lowest BCUT2D eigenvalue weighted by Crippen LogP contribution is -2.08. The van der Waals surface area contributed by atoms with E-state index in [1.54, 1.807) is 0 Å². The summed E-state index contributed by atoms with van der Waals surface area (Å²) in [6.07, 6.45) is 0. The molecule has 1 N–H and O–H groups in total. The van der Waals surface area contributed by atoms with Gasteiger partial charge in [-0.2, -0.15) is 0 Å². The fourth-order valence-electron chi connectivity index (χ4n) is 2.03. The van der Waals surface area contributed by atoms with Crippen LogP contribution < -0.4 is 10.1 Å². The third-order valence-electron chi connectivity index (χ3n) is 2.90. The van der Waals surface area contributed by atoms with Crippen molar-refractivity contribution < 1.29 is 13.5 Å². The maximum Gasteiger partial charge on any atom is 0.126 e. The standard InChI is InChI=1S/C16H17F2NO/c1-11-3-4-16(13(5-11)9-19-2)20-10-12-6-14(17)8-15(18)7-12/h3-8,19H,9-10H2,1-2H3. The Hall–Kier alpha value is -1.94. The van der Waals surface area contributed by atoms with Gasteiger partial charge in [0, 0.05) is 18.2 Å². The van der Waals surface area contributed by atoms with Crippen molar-refractivity contribution in [2.75, 3.05) is 7.05 Å². The molecule has 0 fully saturated rings. The molecule has 0 unspecified atom stereocenters. The van der Waals surface area contributed by atoms with Gasteiger partial charge in [0.2, 0.25) is 0 Å². The molecule has 4 heteroatoms. The second-order valence-corrected chi connectivity index (χ2v) is 4.71. The van der Waals surface area contributed by atoms with E-state index < -0.39 is 11.6 Å². The van der Waals surface area contributed by atoms with E-state index in [1.807, 2.05) is 32.2 Å². The normalized spacial score (nSPS) is 10.6. The monoisotopic (exact) mass is 277 g/mol. The van der Waals surface area contributed by atoms with Crippen LogP contribution in [0.2, 0.25) is 0 Å². The van der Waals surface area contributed by atoms with Crippen molar-refractivity contribution in [3.63, 3.8) is 0 Å². The predicted octanol–water partition coefficient (Wildman–Crippen LogP) is 3.57. The molecule has 2 aromatic carbocycles. The van der Waals surface area contributed by atoms with Crippen molar-refractivity contribution in [1.29, 1.82) is 0 Å². The van der Waals surface area contributed by atoms with Gasteiger partial charge in [-0.3, -0.25) is 0 Å². The lowest BCUT2D eigenvalue weighted by Gasteiger charge is -2.12. The second kappa shape index (κ2) is 6.48. The molecule has 0 bridgehead atoms. The molecule has 0 atom stereocenters. The predicted molar refractivity (Wildman–Crippen MR) is 74.6 cm³/mol. The average molecular weight is 277 g/mol. The van der Waals surface area contributed by atoms with Gasteiger partial charge < -0.3 is 10.1 Å². The fourth-order valence-corrected chi connectivity index (χ4v) is 2.03. The van der Waals surface area contributed by atoms with E-state index in [0.717, 1.165) is 22.9 Å². The van der Waals surface area contributed by atoms with E-state index in [1.165, 1.54) is 12.1 Å². The molecule has 0 radical (unpaired) electrons. The molecule has 0 aliphatic carbocycles. The van der Waals surface area contributed by atoms with Gasteiger partial charge in [-0.25, -0.2) is 8.78 Å². The van der Waals surface area contributed by atoms with E-state index >= 15 is 0 Å². The minimum atomic E-state index is -0.594. The van der Waals surface area contributed by atoms with E-state index in [9.17, 15) is 8.78 Å². The molecule has 0 aliphatic rings. The molecule has 0 amide bonds. The average Bonchev–Trinajstić information content (AvgIpc) is 2.37. The SMILES string of the molecule is CNCc1cc(C)ccc1OCc1cc(F)cc(F)c1. The van der Waals surface area contributed by atoms with E-state index in [0.29, 0.717) is 12.1 Å². The van der Waals surface area contributed by atoms with E-state index in [-0.39, 0.29) is 6.61 Å². The summed E-state index contributed by atoms with van der Waals surface area (Å²) < 4.78 is 31.9. The molecule has 0 saturated heterocycles. The van der Waals surface area contributed by atoms with Crippen LogP contribution in [0.4, 0.5) is 8.78 Å². The summed E-state index contributed by atoms with van der Waals surface area (Å²) in [5.41, 5.74) is 2.63. The Morgan fingerprint density at radius 2 is 1.75 bits per heavy atom. The van der Waals surface area contributed by atoms with Crippen molar-refractivity contribution in [1.82, 2.24) is 5.32 Å². The van der Waals surface area contributed by atoms with Crippen molar-refractivity contribution in [3.8, 4) is 5.75 Å². The summed E-state index contributed by atoms with van der Waals surface area (Å²) in [6, 6.07) is 9.24. The lowest BCUT2D eigenvalue weighted by atomic mass is 10.1. The van der Waals surface area contributed by atoms with Crippen LogP contribution in [-0.4, -0.2) is 7.05 Å². The largest absolute Gasteiger partial charge is 0.489 e. The van der Waals surface area contributed by atoms with Crippen LogP contribution in [0.15, 0.2) is 36.4 Å². The van der Waals surface area contributed by atoms with Gasteiger partial charge in [0.25, 0.3) is 0 Å². The zero-order valence-electron chi connectivity index (χ0n) is 11.5. The van der Waals surface area contributed by atoms with Gasteiger partial charge in [0.15, 0.2) is 0 Å². The number of hydrogen-bond acceptors (Lipinski definition) is 2. The number of hydrogen-bond donors (Lipinski definition) is 1. The number of ether oxygens (including phenoxy) is 1. The molecule has 0 spiro atoms. The topological polar surface area (TPSA) is 21.3 Å². The summed E-state index contributed by atoms with van der Waals surface area (Å²) in [7, 11) is 1.86. The van der Waals surface area contributed by atoms with Crippen molar-refractivity contribution >= 4 is 0 Å². The molecule has 0 aliphatic heterocycles. The zero-order valence-corrected chi connectivity index (χ0v) is 11.5. The van der Waals surface area contributed by atoms with Crippen LogP contribution in [0.3, 0.4) is 0 Å². The first kappa shape index (κ1) is 14.5. The quantitative estimate of drug-likeness (QED) is 0.902. The van der Waals surface area contributed by atoms with Crippen molar-refractivity contribution in [3.05, 3.63) is 64.7 Å². The Balaban J connectivity index is 2.13. The molecule has 2 nitrogen and oxygen atoms in total. The third-order valence-corrected chi connectivity index (χ3v) is 2.90. The number of halogens is 2. The first-order valence-electron chi connectivity index (χ1n) is 6.40. The maximum atomic E-state index is 13.1. The minimum Gasteiger partial charge on any atom is -0.489 e. The lowest BCUT2D eigenvalue weighted by molar-refractivity contribution is 0.301. The Kier molecular flexibility index (Phi) is 4.69. The van der Waals surface area contributed by atoms with Crippen LogP contribution in [0.5, 0.6) is 5.75 Å². The zero-order chi connectivity index (χ0) is 14.5. The Morgan fingerprint density at radius 1 is 1.05 bits per heavy atom. The molecule has 2 rings (SSSR count). The van der Waals surface area contributed by atoms with Crippen LogP contribution in [-0.2, 0) is 13.2 Å². The molecule has 20 heavy (non-hydrogen) atoms. The smallest absolute Gasteiger partial charge is 0.126 e. The van der Waals surface area contributed by atoms with Crippen LogP contribution >= 0.6 is 0 Å². The fraction of sp³-hybridized carbons (Fsp3) is 0.250. The van der Waals surface area contributed by atoms with Crippen LogP contribution in [0.25, 0.3) is 0 Å². The first-order valence-corrected chi connectivity index (χ1v) is 6.40. The summed E-state index contributed by atoms with van der Waals surface area (Å²) in [6.45, 7) is 2.81. The Labute approximate surface area is 117 Å². The van der Waals surface area contributed by atoms with Gasteiger partial charge in [0.1, 0.15) is 24.0 Å². The molecule has 0 aromatic heterocycles. The number of aryl methyl sites for hydroxylation is 1. The third kappa shape index (κ3) is 3.78. The number of nitrogens with one attached hydrogen (secondary N) is 1. The van der Waals surface area contributed by atoms with Gasteiger partial charge in [0.05, 0.1) is 0 Å². The highest BCUT2D eigenvalue weighted by molar-refractivity contribution is 5.37. The van der Waals surface area contributed by atoms with Gasteiger partial charge in [-0.1, -0.05) is 17.7 Å². The van der Waals surface area contributed by atoms with E-state index in [4.69, 9.17) is 4.74 Å². The summed E-state index contributed by atoms with van der Waals surface area (Å²) in [5, 5.41) is 3.07. The minimum absolute atomic E-state index is 0.133. The highest BCUT2D eigenvalue weighted by atomic mass is 19.1. The summed E-state index contributed by atoms with van der Waals surface area (Å²) in [4.78, 5) is 0. The highest BCUT2D eigenvalue weighted by Crippen LogP contribution is 2.21. The molecule has 0 heterocycles. The number of benzene rings is 2. The van der Waals surface area contributed by atoms with Crippen molar-refractivity contribution in [2.45, 2.75) is 20.1 Å². The van der Waals surface area contributed by atoms with E-state index in [2.05, 4.69) is 5.32 Å². The molecule has 2 aromatic rings. The molecular formula is C16H17F2NO.